The van der Waals surface area contributed by atoms with Gasteiger partial charge in [-0.15, -0.1) is 22.7 Å². The number of rotatable bonds is 7. The Hall–Kier alpha value is -0.950. The minimum Gasteiger partial charge on any atom is -0.378 e. The molecule has 2 N–H and O–H groups in total. The van der Waals surface area contributed by atoms with Crippen molar-refractivity contribution in [1.29, 1.82) is 0 Å². The summed E-state index contributed by atoms with van der Waals surface area (Å²) in [4.78, 5) is 9.40. The Morgan fingerprint density at radius 2 is 2.32 bits per heavy atom. The molecule has 104 valence electrons. The van der Waals surface area contributed by atoms with E-state index in [1.54, 1.807) is 29.8 Å². The lowest BCUT2D eigenvalue weighted by Gasteiger charge is -2.18. The Bertz CT molecular complexity index is 496. The SMILES string of the molecule is CCN(Cc1cccs1)c1nc(COC)c(CN)s1. The van der Waals surface area contributed by atoms with Gasteiger partial charge in [0.1, 0.15) is 0 Å². The summed E-state index contributed by atoms with van der Waals surface area (Å²) in [6.07, 6.45) is 0. The lowest BCUT2D eigenvalue weighted by atomic mass is 10.4. The summed E-state index contributed by atoms with van der Waals surface area (Å²) in [5.74, 6) is 0. The highest BCUT2D eigenvalue weighted by molar-refractivity contribution is 7.15. The number of nitrogens with two attached hydrogens (primary N) is 1. The monoisotopic (exact) mass is 297 g/mol. The van der Waals surface area contributed by atoms with Gasteiger partial charge in [0.25, 0.3) is 0 Å². The quantitative estimate of drug-likeness (QED) is 0.854. The summed E-state index contributed by atoms with van der Waals surface area (Å²) in [6.45, 7) is 5.03. The molecule has 2 rings (SSSR count). The van der Waals surface area contributed by atoms with Gasteiger partial charge in [-0.3, -0.25) is 0 Å². The number of ether oxygens (including phenoxy) is 1. The van der Waals surface area contributed by atoms with Crippen LogP contribution in [0.25, 0.3) is 0 Å². The van der Waals surface area contributed by atoms with Crippen LogP contribution in [-0.4, -0.2) is 18.6 Å². The van der Waals surface area contributed by atoms with Crippen molar-refractivity contribution in [2.75, 3.05) is 18.6 Å². The lowest BCUT2D eigenvalue weighted by molar-refractivity contribution is 0.181. The topological polar surface area (TPSA) is 51.4 Å². The zero-order chi connectivity index (χ0) is 13.7. The molecule has 19 heavy (non-hydrogen) atoms. The minimum absolute atomic E-state index is 0.521. The van der Waals surface area contributed by atoms with E-state index < -0.39 is 0 Å². The number of hydrogen-bond donors (Lipinski definition) is 1. The van der Waals surface area contributed by atoms with Gasteiger partial charge in [0.2, 0.25) is 0 Å². The molecule has 4 nitrogen and oxygen atoms in total. The zero-order valence-electron chi connectivity index (χ0n) is 11.3. The van der Waals surface area contributed by atoms with Gasteiger partial charge in [-0.25, -0.2) is 4.98 Å². The van der Waals surface area contributed by atoms with Gasteiger partial charge in [-0.1, -0.05) is 6.07 Å². The second-order valence-corrected chi connectivity index (χ2v) is 6.19. The van der Waals surface area contributed by atoms with Crippen molar-refractivity contribution in [2.45, 2.75) is 26.6 Å². The maximum absolute atomic E-state index is 5.77. The summed E-state index contributed by atoms with van der Waals surface area (Å²) in [7, 11) is 1.68. The predicted octanol–water partition coefficient (Wildman–Crippen LogP) is 2.84. The van der Waals surface area contributed by atoms with Crippen LogP contribution in [0.1, 0.15) is 22.4 Å². The van der Waals surface area contributed by atoms with E-state index in [-0.39, 0.29) is 0 Å². The van der Waals surface area contributed by atoms with Gasteiger partial charge in [0, 0.05) is 30.0 Å². The van der Waals surface area contributed by atoms with Crippen LogP contribution < -0.4 is 10.6 Å². The average Bonchev–Trinajstić information content (AvgIpc) is 3.05. The molecule has 0 saturated carbocycles. The molecule has 0 spiro atoms. The van der Waals surface area contributed by atoms with Crippen LogP contribution in [0.15, 0.2) is 17.5 Å². The zero-order valence-corrected chi connectivity index (χ0v) is 12.9. The number of aromatic nitrogens is 1. The summed E-state index contributed by atoms with van der Waals surface area (Å²) in [6, 6.07) is 4.23. The molecule has 0 atom stereocenters. The smallest absolute Gasteiger partial charge is 0.186 e. The maximum Gasteiger partial charge on any atom is 0.186 e. The van der Waals surface area contributed by atoms with E-state index in [1.807, 2.05) is 0 Å². The molecular weight excluding hydrogens is 278 g/mol. The molecule has 0 bridgehead atoms. The first-order valence-electron chi connectivity index (χ1n) is 6.23. The van der Waals surface area contributed by atoms with Crippen molar-refractivity contribution in [3.05, 3.63) is 33.0 Å². The van der Waals surface area contributed by atoms with E-state index in [0.717, 1.165) is 28.8 Å². The van der Waals surface area contributed by atoms with Crippen molar-refractivity contribution in [3.63, 3.8) is 0 Å². The standard InChI is InChI=1S/C13H19N3OS2/c1-3-16(8-10-5-4-6-18-10)13-15-11(9-17-2)12(7-14)19-13/h4-6H,3,7-9,14H2,1-2H3. The van der Waals surface area contributed by atoms with Crippen molar-refractivity contribution in [2.24, 2.45) is 5.73 Å². The first kappa shape index (κ1) is 14.5. The normalized spacial score (nSPS) is 10.9. The molecule has 0 aliphatic heterocycles. The fourth-order valence-electron chi connectivity index (χ4n) is 1.82. The fourth-order valence-corrected chi connectivity index (χ4v) is 3.54. The van der Waals surface area contributed by atoms with Gasteiger partial charge < -0.3 is 15.4 Å². The molecule has 0 aliphatic carbocycles. The average molecular weight is 297 g/mol. The highest BCUT2D eigenvalue weighted by Gasteiger charge is 2.15. The van der Waals surface area contributed by atoms with Crippen LogP contribution in [0, 0.1) is 0 Å². The Kier molecular flexibility index (Phi) is 5.33. The lowest BCUT2D eigenvalue weighted by Crippen LogP contribution is -2.21. The summed E-state index contributed by atoms with van der Waals surface area (Å²) in [5, 5.41) is 3.13. The number of thiazole rings is 1. The van der Waals surface area contributed by atoms with Gasteiger partial charge >= 0.3 is 0 Å². The third kappa shape index (κ3) is 3.54. The molecule has 0 aliphatic rings. The van der Waals surface area contributed by atoms with E-state index in [9.17, 15) is 0 Å². The van der Waals surface area contributed by atoms with Crippen LogP contribution in [0.3, 0.4) is 0 Å². The second kappa shape index (κ2) is 7.00. The van der Waals surface area contributed by atoms with E-state index in [0.29, 0.717) is 13.2 Å². The van der Waals surface area contributed by atoms with Crippen LogP contribution in [0.4, 0.5) is 5.13 Å². The molecule has 0 amide bonds. The summed E-state index contributed by atoms with van der Waals surface area (Å²) < 4.78 is 5.18. The largest absolute Gasteiger partial charge is 0.378 e. The maximum atomic E-state index is 5.77. The second-order valence-electron chi connectivity index (χ2n) is 4.10. The molecule has 2 aromatic rings. The number of methoxy groups -OCH3 is 1. The number of thiophene rings is 1. The Labute approximate surface area is 121 Å². The van der Waals surface area contributed by atoms with Gasteiger partial charge in [0.05, 0.1) is 18.8 Å². The number of anilines is 1. The summed E-state index contributed by atoms with van der Waals surface area (Å²) >= 11 is 3.44. The van der Waals surface area contributed by atoms with Crippen LogP contribution in [0.5, 0.6) is 0 Å². The summed E-state index contributed by atoms with van der Waals surface area (Å²) in [5.41, 5.74) is 6.74. The van der Waals surface area contributed by atoms with Crippen LogP contribution >= 0.6 is 22.7 Å². The van der Waals surface area contributed by atoms with E-state index in [2.05, 4.69) is 34.3 Å². The van der Waals surface area contributed by atoms with Crippen molar-refractivity contribution in [3.8, 4) is 0 Å². The van der Waals surface area contributed by atoms with Gasteiger partial charge in [-0.05, 0) is 18.4 Å². The van der Waals surface area contributed by atoms with Crippen LogP contribution in [-0.2, 0) is 24.4 Å². The highest BCUT2D eigenvalue weighted by Crippen LogP contribution is 2.28. The van der Waals surface area contributed by atoms with Crippen molar-refractivity contribution in [1.82, 2.24) is 4.98 Å². The predicted molar refractivity (Wildman–Crippen MR) is 81.8 cm³/mol. The third-order valence-electron chi connectivity index (χ3n) is 2.81. The van der Waals surface area contributed by atoms with E-state index in [4.69, 9.17) is 10.5 Å². The molecule has 0 radical (unpaired) electrons. The van der Waals surface area contributed by atoms with Gasteiger partial charge in [0.15, 0.2) is 5.13 Å². The molecule has 0 fully saturated rings. The molecule has 2 aromatic heterocycles. The number of nitrogens with zero attached hydrogens (tertiary/aromatic N) is 2. The van der Waals surface area contributed by atoms with E-state index >= 15 is 0 Å². The minimum atomic E-state index is 0.521. The van der Waals surface area contributed by atoms with Gasteiger partial charge in [-0.2, -0.15) is 0 Å². The molecule has 6 heteroatoms. The third-order valence-corrected chi connectivity index (χ3v) is 4.85. The molecular formula is C13H19N3OS2. The molecule has 0 saturated heterocycles. The molecule has 0 unspecified atom stereocenters. The first-order chi connectivity index (χ1) is 9.28. The van der Waals surface area contributed by atoms with E-state index in [1.165, 1.54) is 4.88 Å². The first-order valence-corrected chi connectivity index (χ1v) is 7.93. The molecule has 0 aromatic carbocycles. The Balaban J connectivity index is 2.18. The number of hydrogen-bond acceptors (Lipinski definition) is 6. The van der Waals surface area contributed by atoms with Crippen molar-refractivity contribution < 1.29 is 4.74 Å². The van der Waals surface area contributed by atoms with Crippen molar-refractivity contribution >= 4 is 27.8 Å². The highest BCUT2D eigenvalue weighted by atomic mass is 32.1. The fraction of sp³-hybridized carbons (Fsp3) is 0.462. The molecule has 2 heterocycles. The van der Waals surface area contributed by atoms with Crippen LogP contribution in [0.2, 0.25) is 0 Å². The Morgan fingerprint density at radius 1 is 1.47 bits per heavy atom. The Morgan fingerprint density at radius 3 is 2.89 bits per heavy atom.